The second-order valence-corrected chi connectivity index (χ2v) is 3.12. The topological polar surface area (TPSA) is 38.3 Å². The molecule has 0 aliphatic carbocycles. The summed E-state index contributed by atoms with van der Waals surface area (Å²) in [5.41, 5.74) is 3.76. The SMILES string of the molecule is C=C(NOC(C)=O)c1ccc(Cl)cc1. The van der Waals surface area contributed by atoms with Crippen LogP contribution in [-0.4, -0.2) is 5.97 Å². The van der Waals surface area contributed by atoms with Gasteiger partial charge in [0.1, 0.15) is 0 Å². The predicted octanol–water partition coefficient (Wildman–Crippen LogP) is 2.38. The number of nitrogens with one attached hydrogen (secondary N) is 1. The lowest BCUT2D eigenvalue weighted by Crippen LogP contribution is -2.15. The molecular weight excluding hydrogens is 202 g/mol. The Labute approximate surface area is 87.3 Å². The van der Waals surface area contributed by atoms with Gasteiger partial charge in [0.05, 0.1) is 5.70 Å². The molecule has 3 nitrogen and oxygen atoms in total. The van der Waals surface area contributed by atoms with Gasteiger partial charge in [-0.3, -0.25) is 4.79 Å². The quantitative estimate of drug-likeness (QED) is 0.781. The number of hydroxylamine groups is 1. The van der Waals surface area contributed by atoms with Crippen molar-refractivity contribution in [2.24, 2.45) is 0 Å². The van der Waals surface area contributed by atoms with E-state index < -0.39 is 5.97 Å². The molecule has 1 aromatic carbocycles. The summed E-state index contributed by atoms with van der Waals surface area (Å²) in [6, 6.07) is 7.03. The third-order valence-electron chi connectivity index (χ3n) is 1.51. The van der Waals surface area contributed by atoms with Crippen LogP contribution in [0, 0.1) is 0 Å². The molecule has 4 heteroatoms. The number of carbonyl (C=O) groups excluding carboxylic acids is 1. The second-order valence-electron chi connectivity index (χ2n) is 2.68. The van der Waals surface area contributed by atoms with Crippen LogP contribution in [0.3, 0.4) is 0 Å². The molecule has 0 fully saturated rings. The average molecular weight is 212 g/mol. The van der Waals surface area contributed by atoms with Gasteiger partial charge >= 0.3 is 5.97 Å². The molecule has 1 aromatic rings. The smallest absolute Gasteiger partial charge is 0.329 e. The van der Waals surface area contributed by atoms with Gasteiger partial charge in [0.2, 0.25) is 0 Å². The zero-order valence-electron chi connectivity index (χ0n) is 7.71. The lowest BCUT2D eigenvalue weighted by molar-refractivity contribution is -0.145. The fraction of sp³-hybridized carbons (Fsp3) is 0.100. The monoisotopic (exact) mass is 211 g/mol. The molecule has 0 aliphatic rings. The van der Waals surface area contributed by atoms with Crippen LogP contribution < -0.4 is 5.48 Å². The Balaban J connectivity index is 2.61. The van der Waals surface area contributed by atoms with Gasteiger partial charge in [0, 0.05) is 17.5 Å². The summed E-state index contributed by atoms with van der Waals surface area (Å²) in [6.45, 7) is 5.00. The first-order valence-electron chi connectivity index (χ1n) is 3.98. The molecule has 0 heterocycles. The van der Waals surface area contributed by atoms with Crippen LogP contribution in [0.1, 0.15) is 12.5 Å². The van der Waals surface area contributed by atoms with Crippen LogP contribution in [0.25, 0.3) is 5.70 Å². The molecular formula is C10H10ClNO2. The lowest BCUT2D eigenvalue weighted by atomic mass is 10.2. The van der Waals surface area contributed by atoms with Crippen LogP contribution in [0.5, 0.6) is 0 Å². The van der Waals surface area contributed by atoms with Crippen molar-refractivity contribution < 1.29 is 9.63 Å². The summed E-state index contributed by atoms with van der Waals surface area (Å²) in [6.07, 6.45) is 0. The van der Waals surface area contributed by atoms with E-state index >= 15 is 0 Å². The van der Waals surface area contributed by atoms with Crippen LogP contribution in [-0.2, 0) is 9.63 Å². The number of halogens is 1. The van der Waals surface area contributed by atoms with E-state index in [1.807, 2.05) is 0 Å². The minimum Gasteiger partial charge on any atom is -0.344 e. The van der Waals surface area contributed by atoms with Crippen LogP contribution in [0.15, 0.2) is 30.8 Å². The van der Waals surface area contributed by atoms with Gasteiger partial charge in [-0.2, -0.15) is 0 Å². The Morgan fingerprint density at radius 1 is 1.43 bits per heavy atom. The number of carbonyl (C=O) groups is 1. The van der Waals surface area contributed by atoms with E-state index in [2.05, 4.69) is 16.9 Å². The molecule has 0 aliphatic heterocycles. The zero-order valence-corrected chi connectivity index (χ0v) is 8.47. The molecule has 14 heavy (non-hydrogen) atoms. The summed E-state index contributed by atoms with van der Waals surface area (Å²) in [4.78, 5) is 15.1. The highest BCUT2D eigenvalue weighted by atomic mass is 35.5. The maximum absolute atomic E-state index is 10.5. The summed E-state index contributed by atoms with van der Waals surface area (Å²) >= 11 is 5.71. The lowest BCUT2D eigenvalue weighted by Gasteiger charge is -2.07. The van der Waals surface area contributed by atoms with E-state index in [0.29, 0.717) is 10.7 Å². The van der Waals surface area contributed by atoms with Crippen molar-refractivity contribution in [2.45, 2.75) is 6.92 Å². The first-order chi connectivity index (χ1) is 6.59. The summed E-state index contributed by atoms with van der Waals surface area (Å²) in [7, 11) is 0. The molecule has 0 saturated heterocycles. The molecule has 1 N–H and O–H groups in total. The van der Waals surface area contributed by atoms with Crippen molar-refractivity contribution in [1.29, 1.82) is 0 Å². The van der Waals surface area contributed by atoms with E-state index in [9.17, 15) is 4.79 Å². The largest absolute Gasteiger partial charge is 0.344 e. The third-order valence-corrected chi connectivity index (χ3v) is 1.76. The van der Waals surface area contributed by atoms with Gasteiger partial charge in [0.25, 0.3) is 0 Å². The molecule has 0 radical (unpaired) electrons. The van der Waals surface area contributed by atoms with Crippen molar-refractivity contribution in [3.05, 3.63) is 41.4 Å². The van der Waals surface area contributed by atoms with E-state index in [0.717, 1.165) is 5.56 Å². The molecule has 74 valence electrons. The predicted molar refractivity (Wildman–Crippen MR) is 55.4 cm³/mol. The van der Waals surface area contributed by atoms with E-state index in [1.54, 1.807) is 24.3 Å². The first-order valence-corrected chi connectivity index (χ1v) is 4.35. The van der Waals surface area contributed by atoms with Gasteiger partial charge in [-0.05, 0) is 12.1 Å². The summed E-state index contributed by atoms with van der Waals surface area (Å²) < 4.78 is 0. The molecule has 0 atom stereocenters. The number of rotatable bonds is 3. The Kier molecular flexibility index (Phi) is 3.54. The average Bonchev–Trinajstić information content (AvgIpc) is 2.15. The molecule has 0 amide bonds. The minimum atomic E-state index is -0.417. The molecule has 0 aromatic heterocycles. The molecule has 0 unspecified atom stereocenters. The van der Waals surface area contributed by atoms with Crippen molar-refractivity contribution in [2.75, 3.05) is 0 Å². The maximum Gasteiger partial charge on any atom is 0.329 e. The fourth-order valence-electron chi connectivity index (χ4n) is 0.843. The first kappa shape index (κ1) is 10.6. The highest BCUT2D eigenvalue weighted by molar-refractivity contribution is 6.30. The van der Waals surface area contributed by atoms with Gasteiger partial charge in [-0.25, -0.2) is 5.48 Å². The Morgan fingerprint density at radius 3 is 2.50 bits per heavy atom. The summed E-state index contributed by atoms with van der Waals surface area (Å²) in [5.74, 6) is -0.417. The highest BCUT2D eigenvalue weighted by Gasteiger charge is 1.99. The van der Waals surface area contributed by atoms with Crippen molar-refractivity contribution in [3.63, 3.8) is 0 Å². The van der Waals surface area contributed by atoms with E-state index in [1.165, 1.54) is 6.92 Å². The van der Waals surface area contributed by atoms with Crippen molar-refractivity contribution in [1.82, 2.24) is 5.48 Å². The zero-order chi connectivity index (χ0) is 10.6. The standard InChI is InChI=1S/C10H10ClNO2/c1-7(12-14-8(2)13)9-3-5-10(11)6-4-9/h3-6,12H,1H2,2H3. The van der Waals surface area contributed by atoms with Crippen molar-refractivity contribution >= 4 is 23.3 Å². The third kappa shape index (κ3) is 3.11. The van der Waals surface area contributed by atoms with Gasteiger partial charge in [0.15, 0.2) is 0 Å². The number of benzene rings is 1. The maximum atomic E-state index is 10.5. The fourth-order valence-corrected chi connectivity index (χ4v) is 0.969. The highest BCUT2D eigenvalue weighted by Crippen LogP contribution is 2.13. The summed E-state index contributed by atoms with van der Waals surface area (Å²) in [5, 5.41) is 0.647. The van der Waals surface area contributed by atoms with E-state index in [4.69, 9.17) is 11.6 Å². The van der Waals surface area contributed by atoms with Gasteiger partial charge in [-0.1, -0.05) is 30.3 Å². The van der Waals surface area contributed by atoms with Crippen LogP contribution in [0.4, 0.5) is 0 Å². The van der Waals surface area contributed by atoms with Gasteiger partial charge < -0.3 is 4.84 Å². The van der Waals surface area contributed by atoms with Crippen LogP contribution in [0.2, 0.25) is 5.02 Å². The normalized spacial score (nSPS) is 9.29. The minimum absolute atomic E-state index is 0.417. The van der Waals surface area contributed by atoms with Gasteiger partial charge in [-0.15, -0.1) is 0 Å². The number of hydrogen-bond donors (Lipinski definition) is 1. The van der Waals surface area contributed by atoms with E-state index in [-0.39, 0.29) is 0 Å². The molecule has 1 rings (SSSR count). The Morgan fingerprint density at radius 2 is 2.00 bits per heavy atom. The second kappa shape index (κ2) is 4.67. The Hall–Kier alpha value is -1.48. The van der Waals surface area contributed by atoms with Crippen molar-refractivity contribution in [3.8, 4) is 0 Å². The molecule has 0 bridgehead atoms. The number of hydrogen-bond acceptors (Lipinski definition) is 3. The molecule has 0 spiro atoms. The Bertz CT molecular complexity index is 346. The van der Waals surface area contributed by atoms with Crippen LogP contribution >= 0.6 is 11.6 Å². The molecule has 0 saturated carbocycles.